The molecule has 0 unspecified atom stereocenters. The molecule has 10 nitrogen and oxygen atoms in total. The molecule has 1 heterocycles. The molecule has 0 radical (unpaired) electrons. The molecule has 1 saturated carbocycles. The molecule has 1 aliphatic carbocycles. The number of hydrogen-bond acceptors (Lipinski definition) is 6. The second-order valence-electron chi connectivity index (χ2n) is 10.6. The Balaban J connectivity index is 1.60. The normalized spacial score (nSPS) is 15.4. The van der Waals surface area contributed by atoms with Gasteiger partial charge in [0, 0.05) is 13.6 Å². The summed E-state index contributed by atoms with van der Waals surface area (Å²) in [6.07, 6.45) is 7.87. The average Bonchev–Trinajstić information content (AvgIpc) is 3.41. The molecule has 1 aromatic carbocycles. The second kappa shape index (κ2) is 15.9. The molecule has 0 spiro atoms. The minimum atomic E-state index is -3.54. The lowest BCUT2D eigenvalue weighted by atomic mass is 9.89. The maximum absolute atomic E-state index is 13.0. The highest BCUT2D eigenvalue weighted by molar-refractivity contribution is 7.89. The lowest BCUT2D eigenvalue weighted by molar-refractivity contribution is 0.201. The SMILES string of the molecule is CCN(CC)CCCS(=O)(=O)N[C@H](CCc1ccccc1)c1n[nH]c(CN(C)C(=O)NCC2CCCCC2)n1. The van der Waals surface area contributed by atoms with Crippen molar-refractivity contribution in [2.75, 3.05) is 39.0 Å². The van der Waals surface area contributed by atoms with Crippen molar-refractivity contribution in [2.45, 2.75) is 77.8 Å². The van der Waals surface area contributed by atoms with Gasteiger partial charge in [-0.15, -0.1) is 0 Å². The van der Waals surface area contributed by atoms with Crippen molar-refractivity contribution in [2.24, 2.45) is 5.92 Å². The second-order valence-corrected chi connectivity index (χ2v) is 12.5. The van der Waals surface area contributed by atoms with Crippen LogP contribution in [0.2, 0.25) is 0 Å². The van der Waals surface area contributed by atoms with E-state index in [2.05, 4.69) is 44.0 Å². The van der Waals surface area contributed by atoms with Gasteiger partial charge in [0.2, 0.25) is 10.0 Å². The van der Waals surface area contributed by atoms with Crippen LogP contribution in [0, 0.1) is 5.92 Å². The van der Waals surface area contributed by atoms with E-state index in [9.17, 15) is 13.2 Å². The van der Waals surface area contributed by atoms with Crippen LogP contribution in [0.4, 0.5) is 4.79 Å². The molecule has 39 heavy (non-hydrogen) atoms. The largest absolute Gasteiger partial charge is 0.338 e. The van der Waals surface area contributed by atoms with Gasteiger partial charge in [-0.25, -0.2) is 22.9 Å². The fraction of sp³-hybridized carbons (Fsp3) is 0.679. The van der Waals surface area contributed by atoms with Crippen molar-refractivity contribution in [3.05, 3.63) is 47.5 Å². The van der Waals surface area contributed by atoms with Crippen molar-refractivity contribution in [1.29, 1.82) is 0 Å². The van der Waals surface area contributed by atoms with Crippen molar-refractivity contribution >= 4 is 16.1 Å². The van der Waals surface area contributed by atoms with Crippen LogP contribution in [0.3, 0.4) is 0 Å². The Hall–Kier alpha value is -2.50. The first kappa shape index (κ1) is 31.0. The summed E-state index contributed by atoms with van der Waals surface area (Å²) in [7, 11) is -1.81. The van der Waals surface area contributed by atoms with Crippen LogP contribution in [0.5, 0.6) is 0 Å². The van der Waals surface area contributed by atoms with Gasteiger partial charge in [0.1, 0.15) is 5.82 Å². The summed E-state index contributed by atoms with van der Waals surface area (Å²) in [6, 6.07) is 9.25. The monoisotopic (exact) mass is 561 g/mol. The minimum absolute atomic E-state index is 0.0481. The molecule has 11 heteroatoms. The highest BCUT2D eigenvalue weighted by atomic mass is 32.2. The van der Waals surface area contributed by atoms with E-state index in [1.54, 1.807) is 11.9 Å². The number of nitrogens with one attached hydrogen (secondary N) is 3. The van der Waals surface area contributed by atoms with E-state index in [0.29, 0.717) is 43.4 Å². The number of rotatable bonds is 16. The van der Waals surface area contributed by atoms with Crippen LogP contribution < -0.4 is 10.0 Å². The van der Waals surface area contributed by atoms with Gasteiger partial charge in [-0.05, 0) is 63.2 Å². The third-order valence-electron chi connectivity index (χ3n) is 7.53. The van der Waals surface area contributed by atoms with Crippen LogP contribution in [0.1, 0.15) is 82.0 Å². The summed E-state index contributed by atoms with van der Waals surface area (Å²) in [4.78, 5) is 21.0. The fourth-order valence-electron chi connectivity index (χ4n) is 5.08. The molecule has 2 amide bonds. The summed E-state index contributed by atoms with van der Waals surface area (Å²) < 4.78 is 28.9. The zero-order valence-corrected chi connectivity index (χ0v) is 24.7. The van der Waals surface area contributed by atoms with Gasteiger partial charge < -0.3 is 15.1 Å². The number of aryl methyl sites for hydroxylation is 1. The topological polar surface area (TPSA) is 123 Å². The van der Waals surface area contributed by atoms with E-state index in [-0.39, 0.29) is 18.3 Å². The lowest BCUT2D eigenvalue weighted by Gasteiger charge is -2.23. The van der Waals surface area contributed by atoms with Gasteiger partial charge in [0.15, 0.2) is 5.82 Å². The standard InChI is InChI=1S/C28H47N7O3S/c1-4-35(5-2)19-12-20-39(37,38)33-25(18-17-23-13-8-6-9-14-23)27-30-26(31-32-27)22-34(3)28(36)29-21-24-15-10-7-11-16-24/h6,8-9,13-14,24-25,33H,4-5,7,10-12,15-22H2,1-3H3,(H,29,36)(H,30,31,32)/t25-/m1/s1. The molecule has 218 valence electrons. The molecular formula is C28H47N7O3S. The zero-order valence-electron chi connectivity index (χ0n) is 23.9. The number of aromatic nitrogens is 3. The van der Waals surface area contributed by atoms with Crippen molar-refractivity contribution in [3.63, 3.8) is 0 Å². The molecule has 0 aliphatic heterocycles. The molecule has 1 fully saturated rings. The zero-order chi connectivity index (χ0) is 28.1. The number of benzene rings is 1. The van der Waals surface area contributed by atoms with Crippen molar-refractivity contribution in [3.8, 4) is 0 Å². The molecule has 1 aliphatic rings. The average molecular weight is 562 g/mol. The molecule has 2 aromatic rings. The predicted octanol–water partition coefficient (Wildman–Crippen LogP) is 3.85. The maximum Gasteiger partial charge on any atom is 0.317 e. The Morgan fingerprint density at radius 1 is 1.13 bits per heavy atom. The number of sulfonamides is 1. The van der Waals surface area contributed by atoms with Crippen molar-refractivity contribution in [1.82, 2.24) is 35.0 Å². The molecule has 0 saturated heterocycles. The quantitative estimate of drug-likeness (QED) is 0.286. The maximum atomic E-state index is 13.0. The first-order chi connectivity index (χ1) is 18.8. The number of aromatic amines is 1. The Morgan fingerprint density at radius 3 is 2.54 bits per heavy atom. The highest BCUT2D eigenvalue weighted by Gasteiger charge is 2.24. The Labute approximate surface area is 234 Å². The highest BCUT2D eigenvalue weighted by Crippen LogP contribution is 2.23. The number of carbonyl (C=O) groups excluding carboxylic acids is 1. The minimum Gasteiger partial charge on any atom is -0.338 e. The van der Waals surface area contributed by atoms with Gasteiger partial charge in [-0.3, -0.25) is 5.10 Å². The third-order valence-corrected chi connectivity index (χ3v) is 9.00. The van der Waals surface area contributed by atoms with E-state index in [1.807, 2.05) is 30.3 Å². The first-order valence-electron chi connectivity index (χ1n) is 14.5. The van der Waals surface area contributed by atoms with Crippen molar-refractivity contribution < 1.29 is 13.2 Å². The third kappa shape index (κ3) is 10.9. The summed E-state index contributed by atoms with van der Waals surface area (Å²) in [5.74, 6) is 1.51. The van der Waals surface area contributed by atoms with Crippen LogP contribution in [0.25, 0.3) is 0 Å². The van der Waals surface area contributed by atoms with Crippen LogP contribution in [-0.2, 0) is 23.0 Å². The van der Waals surface area contributed by atoms with E-state index in [1.165, 1.54) is 32.1 Å². The summed E-state index contributed by atoms with van der Waals surface area (Å²) >= 11 is 0. The van der Waals surface area contributed by atoms with Crippen LogP contribution >= 0.6 is 0 Å². The first-order valence-corrected chi connectivity index (χ1v) is 16.1. The molecule has 3 rings (SSSR count). The number of urea groups is 1. The molecule has 0 bridgehead atoms. The van der Waals surface area contributed by atoms with E-state index >= 15 is 0 Å². The van der Waals surface area contributed by atoms with E-state index in [4.69, 9.17) is 0 Å². The van der Waals surface area contributed by atoms with Crippen LogP contribution in [0.15, 0.2) is 30.3 Å². The summed E-state index contributed by atoms with van der Waals surface area (Å²) in [5.41, 5.74) is 1.12. The number of carbonyl (C=O) groups is 1. The molecule has 3 N–H and O–H groups in total. The Morgan fingerprint density at radius 2 is 1.85 bits per heavy atom. The van der Waals surface area contributed by atoms with Gasteiger partial charge in [0.05, 0.1) is 18.3 Å². The molecular weight excluding hydrogens is 514 g/mol. The summed E-state index contributed by atoms with van der Waals surface area (Å²) in [5, 5.41) is 10.3. The number of nitrogens with zero attached hydrogens (tertiary/aromatic N) is 4. The lowest BCUT2D eigenvalue weighted by Crippen LogP contribution is -2.39. The number of H-pyrrole nitrogens is 1. The Kier molecular flexibility index (Phi) is 12.7. The molecule has 1 atom stereocenters. The van der Waals surface area contributed by atoms with Gasteiger partial charge in [-0.1, -0.05) is 63.4 Å². The molecule has 1 aromatic heterocycles. The number of hydrogen-bond donors (Lipinski definition) is 3. The smallest absolute Gasteiger partial charge is 0.317 e. The van der Waals surface area contributed by atoms with E-state index < -0.39 is 16.1 Å². The van der Waals surface area contributed by atoms with Gasteiger partial charge in [-0.2, -0.15) is 5.10 Å². The van der Waals surface area contributed by atoms with Gasteiger partial charge in [0.25, 0.3) is 0 Å². The van der Waals surface area contributed by atoms with E-state index in [0.717, 1.165) is 25.2 Å². The van der Waals surface area contributed by atoms with Gasteiger partial charge >= 0.3 is 6.03 Å². The fourth-order valence-corrected chi connectivity index (χ4v) is 6.36. The number of amides is 2. The Bertz CT molecular complexity index is 1080. The predicted molar refractivity (Wildman–Crippen MR) is 155 cm³/mol. The van der Waals surface area contributed by atoms with Crippen LogP contribution in [-0.4, -0.2) is 78.4 Å². The summed E-state index contributed by atoms with van der Waals surface area (Å²) in [6.45, 7) is 7.65.